The van der Waals surface area contributed by atoms with Crippen molar-refractivity contribution in [1.29, 1.82) is 0 Å². The van der Waals surface area contributed by atoms with Crippen molar-refractivity contribution in [2.24, 2.45) is 5.14 Å². The van der Waals surface area contributed by atoms with E-state index in [-0.39, 0.29) is 22.3 Å². The monoisotopic (exact) mass is 336 g/mol. The van der Waals surface area contributed by atoms with E-state index >= 15 is 0 Å². The fourth-order valence-electron chi connectivity index (χ4n) is 1.17. The predicted octanol–water partition coefficient (Wildman–Crippen LogP) is -0.108. The molecule has 0 saturated heterocycles. The molecular formula is C9H13BrN4O3S. The van der Waals surface area contributed by atoms with Gasteiger partial charge >= 0.3 is 0 Å². The molecule has 0 aliphatic heterocycles. The van der Waals surface area contributed by atoms with Crippen molar-refractivity contribution in [3.8, 4) is 0 Å². The maximum atomic E-state index is 11.8. The number of hydrogen-bond acceptors (Lipinski definition) is 5. The lowest BCUT2D eigenvalue weighted by atomic mass is 10.4. The maximum absolute atomic E-state index is 11.8. The first kappa shape index (κ1) is 14.9. The van der Waals surface area contributed by atoms with Crippen LogP contribution in [0.3, 0.4) is 0 Å². The van der Waals surface area contributed by atoms with Crippen molar-refractivity contribution in [2.75, 3.05) is 17.6 Å². The Hall–Kier alpha value is -1.19. The molecular weight excluding hydrogens is 324 g/mol. The van der Waals surface area contributed by atoms with Crippen molar-refractivity contribution in [2.45, 2.75) is 6.54 Å². The van der Waals surface area contributed by atoms with Crippen LogP contribution in [0.1, 0.15) is 0 Å². The minimum Gasteiger partial charge on any atom is -0.382 e. The van der Waals surface area contributed by atoms with E-state index in [1.807, 2.05) is 0 Å². The molecule has 0 aromatic carbocycles. The van der Waals surface area contributed by atoms with E-state index in [1.165, 1.54) is 10.9 Å². The number of anilines is 1. The third kappa shape index (κ3) is 4.24. The van der Waals surface area contributed by atoms with Gasteiger partial charge in [-0.25, -0.2) is 18.2 Å². The van der Waals surface area contributed by atoms with Crippen molar-refractivity contribution in [3.05, 3.63) is 33.7 Å². The van der Waals surface area contributed by atoms with Crippen LogP contribution < -0.4 is 16.0 Å². The van der Waals surface area contributed by atoms with Gasteiger partial charge in [-0.1, -0.05) is 6.08 Å². The standard InChI is InChI=1S/C9H13BrN4O3S/c1-2-4-14-9(15)8(10)7(6-13-14)12-3-5-18(11,16)17/h2,6,12H,1,3-5H2,(H2,11,16,17). The molecule has 9 heteroatoms. The second-order valence-electron chi connectivity index (χ2n) is 3.44. The second kappa shape index (κ2) is 6.12. The smallest absolute Gasteiger partial charge is 0.283 e. The third-order valence-corrected chi connectivity index (χ3v) is 3.53. The fourth-order valence-corrected chi connectivity index (χ4v) is 2.00. The largest absolute Gasteiger partial charge is 0.382 e. The zero-order valence-electron chi connectivity index (χ0n) is 9.47. The first-order valence-electron chi connectivity index (χ1n) is 4.96. The molecule has 0 unspecified atom stereocenters. The van der Waals surface area contributed by atoms with Gasteiger partial charge in [-0.3, -0.25) is 4.79 Å². The molecule has 3 N–H and O–H groups in total. The van der Waals surface area contributed by atoms with Gasteiger partial charge in [-0.05, 0) is 15.9 Å². The van der Waals surface area contributed by atoms with E-state index in [0.717, 1.165) is 0 Å². The number of nitrogens with one attached hydrogen (secondary N) is 1. The van der Waals surface area contributed by atoms with Gasteiger partial charge < -0.3 is 5.32 Å². The molecule has 0 radical (unpaired) electrons. The summed E-state index contributed by atoms with van der Waals surface area (Å²) >= 11 is 3.13. The Balaban J connectivity index is 2.83. The summed E-state index contributed by atoms with van der Waals surface area (Å²) in [5.41, 5.74) is 0.0967. The van der Waals surface area contributed by atoms with Crippen LogP contribution in [0, 0.1) is 0 Å². The SMILES string of the molecule is C=CCn1ncc(NCCS(N)(=O)=O)c(Br)c1=O. The van der Waals surface area contributed by atoms with Gasteiger partial charge in [0.05, 0.1) is 24.2 Å². The van der Waals surface area contributed by atoms with Crippen molar-refractivity contribution < 1.29 is 8.42 Å². The van der Waals surface area contributed by atoms with E-state index < -0.39 is 10.0 Å². The van der Waals surface area contributed by atoms with Crippen molar-refractivity contribution >= 4 is 31.6 Å². The number of rotatable bonds is 6. The number of allylic oxidation sites excluding steroid dienone is 1. The first-order chi connectivity index (χ1) is 8.35. The van der Waals surface area contributed by atoms with E-state index in [4.69, 9.17) is 5.14 Å². The van der Waals surface area contributed by atoms with Crippen LogP contribution >= 0.6 is 15.9 Å². The Labute approximate surface area is 113 Å². The number of hydrogen-bond donors (Lipinski definition) is 2. The Kier molecular flexibility index (Phi) is 5.05. The lowest BCUT2D eigenvalue weighted by molar-refractivity contribution is 0.598. The highest BCUT2D eigenvalue weighted by atomic mass is 79.9. The molecule has 18 heavy (non-hydrogen) atoms. The van der Waals surface area contributed by atoms with Crippen LogP contribution in [0.15, 0.2) is 28.1 Å². The summed E-state index contributed by atoms with van der Waals surface area (Å²) in [6, 6.07) is 0. The Morgan fingerprint density at radius 3 is 2.83 bits per heavy atom. The summed E-state index contributed by atoms with van der Waals surface area (Å²) in [5.74, 6) is -0.227. The third-order valence-electron chi connectivity index (χ3n) is 1.99. The molecule has 0 aliphatic carbocycles. The highest BCUT2D eigenvalue weighted by Crippen LogP contribution is 2.15. The molecule has 0 fully saturated rings. The molecule has 0 amide bonds. The van der Waals surface area contributed by atoms with Gasteiger partial charge in [0.1, 0.15) is 4.47 Å². The van der Waals surface area contributed by atoms with Gasteiger partial charge in [0.2, 0.25) is 10.0 Å². The summed E-state index contributed by atoms with van der Waals surface area (Å²) in [6.45, 7) is 3.92. The molecule has 0 bridgehead atoms. The van der Waals surface area contributed by atoms with Gasteiger partial charge in [-0.2, -0.15) is 5.10 Å². The predicted molar refractivity (Wildman–Crippen MR) is 72.9 cm³/mol. The minimum absolute atomic E-state index is 0.101. The molecule has 7 nitrogen and oxygen atoms in total. The molecule has 0 aliphatic rings. The average Bonchev–Trinajstić information content (AvgIpc) is 2.27. The zero-order chi connectivity index (χ0) is 13.8. The molecule has 1 aromatic rings. The zero-order valence-corrected chi connectivity index (χ0v) is 11.9. The van der Waals surface area contributed by atoms with Crippen LogP contribution in [0.2, 0.25) is 0 Å². The Morgan fingerprint density at radius 2 is 2.28 bits per heavy atom. The molecule has 0 atom stereocenters. The van der Waals surface area contributed by atoms with E-state index in [0.29, 0.717) is 12.2 Å². The van der Waals surface area contributed by atoms with Crippen LogP contribution in [0.25, 0.3) is 0 Å². The van der Waals surface area contributed by atoms with Gasteiger partial charge in [0.25, 0.3) is 5.56 Å². The van der Waals surface area contributed by atoms with Crippen molar-refractivity contribution in [1.82, 2.24) is 9.78 Å². The molecule has 1 aromatic heterocycles. The lowest BCUT2D eigenvalue weighted by Gasteiger charge is -2.08. The molecule has 0 saturated carbocycles. The number of sulfonamides is 1. The number of nitrogens with zero attached hydrogens (tertiary/aromatic N) is 2. The van der Waals surface area contributed by atoms with E-state index in [9.17, 15) is 13.2 Å². The summed E-state index contributed by atoms with van der Waals surface area (Å²) in [6.07, 6.45) is 2.98. The number of halogens is 1. The minimum atomic E-state index is -3.53. The highest BCUT2D eigenvalue weighted by molar-refractivity contribution is 9.10. The van der Waals surface area contributed by atoms with Crippen LogP contribution in [0.4, 0.5) is 5.69 Å². The van der Waals surface area contributed by atoms with E-state index in [1.54, 1.807) is 6.08 Å². The number of primary sulfonamides is 1. The van der Waals surface area contributed by atoms with Gasteiger partial charge in [0, 0.05) is 6.54 Å². The number of aromatic nitrogens is 2. The number of nitrogens with two attached hydrogens (primary N) is 1. The fraction of sp³-hybridized carbons (Fsp3) is 0.333. The topological polar surface area (TPSA) is 107 Å². The Morgan fingerprint density at radius 1 is 1.61 bits per heavy atom. The summed E-state index contributed by atoms with van der Waals surface area (Å²) < 4.78 is 23.0. The van der Waals surface area contributed by atoms with Crippen LogP contribution in [0.5, 0.6) is 0 Å². The van der Waals surface area contributed by atoms with Gasteiger partial charge in [0.15, 0.2) is 0 Å². The molecule has 1 rings (SSSR count). The normalized spacial score (nSPS) is 11.2. The highest BCUT2D eigenvalue weighted by Gasteiger charge is 2.09. The molecule has 100 valence electrons. The Bertz CT molecular complexity index is 596. The van der Waals surface area contributed by atoms with Gasteiger partial charge in [-0.15, -0.1) is 6.58 Å². The maximum Gasteiger partial charge on any atom is 0.283 e. The summed E-state index contributed by atoms with van der Waals surface area (Å²) in [5, 5.41) is 11.5. The molecule has 1 heterocycles. The first-order valence-corrected chi connectivity index (χ1v) is 7.47. The van der Waals surface area contributed by atoms with Crippen LogP contribution in [-0.2, 0) is 16.6 Å². The second-order valence-corrected chi connectivity index (χ2v) is 5.97. The van der Waals surface area contributed by atoms with Crippen LogP contribution in [-0.4, -0.2) is 30.5 Å². The van der Waals surface area contributed by atoms with E-state index in [2.05, 4.69) is 32.9 Å². The summed E-state index contributed by atoms with van der Waals surface area (Å²) in [4.78, 5) is 11.8. The molecule has 0 spiro atoms. The summed E-state index contributed by atoms with van der Waals surface area (Å²) in [7, 11) is -3.53. The van der Waals surface area contributed by atoms with Crippen molar-refractivity contribution in [3.63, 3.8) is 0 Å². The lowest BCUT2D eigenvalue weighted by Crippen LogP contribution is -2.26. The average molecular weight is 337 g/mol. The quantitative estimate of drug-likeness (QED) is 0.705.